The van der Waals surface area contributed by atoms with Gasteiger partial charge in [0.2, 0.25) is 0 Å². The van der Waals surface area contributed by atoms with E-state index in [4.69, 9.17) is 4.42 Å². The molecule has 1 aliphatic carbocycles. The zero-order chi connectivity index (χ0) is 39.5. The van der Waals surface area contributed by atoms with Crippen molar-refractivity contribution in [2.75, 3.05) is 4.90 Å². The van der Waals surface area contributed by atoms with Crippen LogP contribution >= 0.6 is 0 Å². The molecule has 2 nitrogen and oxygen atoms in total. The maximum absolute atomic E-state index is 6.78. The lowest BCUT2D eigenvalue weighted by Crippen LogP contribution is -2.16. The maximum Gasteiger partial charge on any atom is 0.145 e. The van der Waals surface area contributed by atoms with E-state index >= 15 is 0 Å². The van der Waals surface area contributed by atoms with Gasteiger partial charge >= 0.3 is 0 Å². The van der Waals surface area contributed by atoms with Gasteiger partial charge in [-0.15, -0.1) is 0 Å². The molecular formula is C57H41NO. The molecule has 0 amide bonds. The van der Waals surface area contributed by atoms with Crippen LogP contribution in [0.4, 0.5) is 17.1 Å². The number of fused-ring (bicyclic) bond motifs is 6. The number of hydrogen-bond donors (Lipinski definition) is 0. The number of nitrogens with zero attached hydrogens (tertiary/aromatic N) is 1. The number of rotatable bonds is 7. The van der Waals surface area contributed by atoms with Crippen LogP contribution in [0.3, 0.4) is 0 Å². The molecule has 0 bridgehead atoms. The summed E-state index contributed by atoms with van der Waals surface area (Å²) in [7, 11) is 0. The molecule has 0 unspecified atom stereocenters. The smallest absolute Gasteiger partial charge is 0.145 e. The van der Waals surface area contributed by atoms with E-state index in [2.05, 4.69) is 231 Å². The first-order chi connectivity index (χ1) is 29.0. The summed E-state index contributed by atoms with van der Waals surface area (Å²) in [6, 6.07) is 76.6. The fourth-order valence-electron chi connectivity index (χ4n) is 9.46. The summed E-state index contributed by atoms with van der Waals surface area (Å²) >= 11 is 0. The minimum atomic E-state index is -0.110. The Morgan fingerprint density at radius 3 is 1.73 bits per heavy atom. The Morgan fingerprint density at radius 2 is 0.949 bits per heavy atom. The van der Waals surface area contributed by atoms with Gasteiger partial charge in [-0.3, -0.25) is 0 Å². The molecule has 0 radical (unpaired) electrons. The highest BCUT2D eigenvalue weighted by Crippen LogP contribution is 2.52. The lowest BCUT2D eigenvalue weighted by atomic mass is 9.79. The molecule has 1 heterocycles. The molecule has 0 saturated carbocycles. The molecule has 9 aromatic carbocycles. The van der Waals surface area contributed by atoms with Crippen LogP contribution in [-0.2, 0) is 5.41 Å². The average Bonchev–Trinajstić information content (AvgIpc) is 3.80. The summed E-state index contributed by atoms with van der Waals surface area (Å²) in [4.78, 5) is 2.40. The van der Waals surface area contributed by atoms with Crippen molar-refractivity contribution in [1.82, 2.24) is 0 Å². The van der Waals surface area contributed by atoms with Crippen molar-refractivity contribution in [1.29, 1.82) is 0 Å². The molecule has 0 saturated heterocycles. The summed E-state index contributed by atoms with van der Waals surface area (Å²) in [5, 5.41) is 2.18. The molecule has 0 aliphatic heterocycles. The second-order valence-corrected chi connectivity index (χ2v) is 16.1. The number of benzene rings is 9. The van der Waals surface area contributed by atoms with Crippen LogP contribution in [0.1, 0.15) is 25.0 Å². The van der Waals surface area contributed by atoms with E-state index in [0.29, 0.717) is 0 Å². The van der Waals surface area contributed by atoms with E-state index < -0.39 is 0 Å². The molecule has 0 N–H and O–H groups in total. The number of anilines is 3. The van der Waals surface area contributed by atoms with Gasteiger partial charge in [-0.1, -0.05) is 184 Å². The zero-order valence-corrected chi connectivity index (χ0v) is 33.1. The van der Waals surface area contributed by atoms with Gasteiger partial charge in [0, 0.05) is 27.7 Å². The van der Waals surface area contributed by atoms with Gasteiger partial charge in [0.1, 0.15) is 11.2 Å². The quantitative estimate of drug-likeness (QED) is 0.161. The summed E-state index contributed by atoms with van der Waals surface area (Å²) in [6.07, 6.45) is 0. The van der Waals surface area contributed by atoms with E-state index in [-0.39, 0.29) is 5.41 Å². The minimum absolute atomic E-state index is 0.110. The number of hydrogen-bond acceptors (Lipinski definition) is 2. The van der Waals surface area contributed by atoms with Crippen molar-refractivity contribution in [2.24, 2.45) is 0 Å². The van der Waals surface area contributed by atoms with Crippen LogP contribution in [0, 0.1) is 0 Å². The molecule has 2 heteroatoms. The first-order valence-corrected chi connectivity index (χ1v) is 20.4. The van der Waals surface area contributed by atoms with Gasteiger partial charge in [-0.05, 0) is 104 Å². The van der Waals surface area contributed by atoms with Crippen LogP contribution in [-0.4, -0.2) is 0 Å². The van der Waals surface area contributed by atoms with Crippen molar-refractivity contribution < 1.29 is 4.42 Å². The van der Waals surface area contributed by atoms with Gasteiger partial charge in [0.25, 0.3) is 0 Å². The van der Waals surface area contributed by atoms with Crippen LogP contribution in [0.15, 0.2) is 217 Å². The highest BCUT2D eigenvalue weighted by Gasteiger charge is 2.37. The molecule has 59 heavy (non-hydrogen) atoms. The van der Waals surface area contributed by atoms with E-state index in [1.165, 1.54) is 50.1 Å². The normalized spacial score (nSPS) is 12.7. The lowest BCUT2D eigenvalue weighted by molar-refractivity contribution is 0.662. The van der Waals surface area contributed by atoms with Crippen molar-refractivity contribution in [3.63, 3.8) is 0 Å². The third-order valence-corrected chi connectivity index (χ3v) is 12.3. The van der Waals surface area contributed by atoms with E-state index in [1.807, 2.05) is 0 Å². The second-order valence-electron chi connectivity index (χ2n) is 16.1. The molecule has 0 atom stereocenters. The van der Waals surface area contributed by atoms with Crippen LogP contribution in [0.25, 0.3) is 77.6 Å². The highest BCUT2D eigenvalue weighted by atomic mass is 16.3. The molecule has 10 aromatic rings. The van der Waals surface area contributed by atoms with Gasteiger partial charge in [-0.25, -0.2) is 0 Å². The molecule has 0 fully saturated rings. The van der Waals surface area contributed by atoms with Gasteiger partial charge < -0.3 is 9.32 Å². The summed E-state index contributed by atoms with van der Waals surface area (Å²) in [5.74, 6) is 0. The Morgan fingerprint density at radius 1 is 0.390 bits per heavy atom. The zero-order valence-electron chi connectivity index (χ0n) is 33.1. The first kappa shape index (κ1) is 34.8. The van der Waals surface area contributed by atoms with Gasteiger partial charge in [0.15, 0.2) is 0 Å². The van der Waals surface area contributed by atoms with Crippen LogP contribution in [0.5, 0.6) is 0 Å². The SMILES string of the molecule is CC1(C)c2ccccc2-c2cccc(-c3ccc(N(c4cccc(-c5ccc(-c6ccccc6)cc5)c4)c4ccc(-c5ccccc5)c5oc6ccccc6c45)cc3)c21. The lowest BCUT2D eigenvalue weighted by Gasteiger charge is -2.28. The van der Waals surface area contributed by atoms with Crippen LogP contribution in [0.2, 0.25) is 0 Å². The van der Waals surface area contributed by atoms with E-state index in [9.17, 15) is 0 Å². The monoisotopic (exact) mass is 755 g/mol. The molecule has 280 valence electrons. The van der Waals surface area contributed by atoms with Crippen molar-refractivity contribution in [3.8, 4) is 55.6 Å². The molecule has 1 aliphatic rings. The fourth-order valence-corrected chi connectivity index (χ4v) is 9.46. The van der Waals surface area contributed by atoms with Crippen molar-refractivity contribution in [2.45, 2.75) is 19.3 Å². The standard InChI is InChI=1S/C57H41NO/c1-57(2)51-25-11-9-21-48(51)49-24-14-23-46(55(49)57)42-31-33-44(34-32-42)58(45-20-13-19-43(37-45)40-29-27-39(28-30-40)38-15-5-3-6-16-38)52-36-35-47(41-17-7-4-8-18-41)56-54(52)50-22-10-12-26-53(50)59-56/h3-37H,1-2H3. The van der Waals surface area contributed by atoms with E-state index in [1.54, 1.807) is 0 Å². The number of furan rings is 1. The third-order valence-electron chi connectivity index (χ3n) is 12.3. The largest absolute Gasteiger partial charge is 0.455 e. The Balaban J connectivity index is 1.08. The molecule has 11 rings (SSSR count). The summed E-state index contributed by atoms with van der Waals surface area (Å²) < 4.78 is 6.78. The van der Waals surface area contributed by atoms with E-state index in [0.717, 1.165) is 55.7 Å². The first-order valence-electron chi connectivity index (χ1n) is 20.4. The van der Waals surface area contributed by atoms with Crippen LogP contribution < -0.4 is 4.90 Å². The predicted octanol–water partition coefficient (Wildman–Crippen LogP) is 16.0. The molecule has 1 aromatic heterocycles. The van der Waals surface area contributed by atoms with Crippen molar-refractivity contribution >= 4 is 39.0 Å². The predicted molar refractivity (Wildman–Crippen MR) is 248 cm³/mol. The second kappa shape index (κ2) is 13.9. The summed E-state index contributed by atoms with van der Waals surface area (Å²) in [5.41, 5.74) is 19.7. The topological polar surface area (TPSA) is 16.4 Å². The minimum Gasteiger partial charge on any atom is -0.455 e. The Kier molecular flexibility index (Phi) is 8.20. The Bertz CT molecular complexity index is 3160. The third kappa shape index (κ3) is 5.79. The van der Waals surface area contributed by atoms with Gasteiger partial charge in [0.05, 0.1) is 11.1 Å². The highest BCUT2D eigenvalue weighted by molar-refractivity contribution is 6.17. The molecule has 0 spiro atoms. The summed E-state index contributed by atoms with van der Waals surface area (Å²) in [6.45, 7) is 4.72. The Labute approximate surface area is 345 Å². The molecular weight excluding hydrogens is 715 g/mol. The fraction of sp³-hybridized carbons (Fsp3) is 0.0526. The van der Waals surface area contributed by atoms with Gasteiger partial charge in [-0.2, -0.15) is 0 Å². The van der Waals surface area contributed by atoms with Crippen molar-refractivity contribution in [3.05, 3.63) is 223 Å². The number of para-hydroxylation sites is 1. The Hall–Kier alpha value is -7.42. The average molecular weight is 756 g/mol. The maximum atomic E-state index is 6.78.